The summed E-state index contributed by atoms with van der Waals surface area (Å²) in [5.74, 6) is -0.192. The summed E-state index contributed by atoms with van der Waals surface area (Å²) in [5, 5.41) is 8.97. The Morgan fingerprint density at radius 3 is 2.22 bits per heavy atom. The lowest BCUT2D eigenvalue weighted by Gasteiger charge is -2.11. The summed E-state index contributed by atoms with van der Waals surface area (Å²) in [4.78, 5) is 0. The fourth-order valence-corrected chi connectivity index (χ4v) is 4.92. The van der Waals surface area contributed by atoms with Crippen molar-refractivity contribution in [3.8, 4) is 0 Å². The molecule has 18 heavy (non-hydrogen) atoms. The molecule has 0 bridgehead atoms. The zero-order chi connectivity index (χ0) is 13.6. The van der Waals surface area contributed by atoms with Gasteiger partial charge in [-0.1, -0.05) is 29.8 Å². The molecule has 0 spiro atoms. The molecule has 1 aromatic rings. The number of rotatable bonds is 4. The molecule has 0 saturated heterocycles. The summed E-state index contributed by atoms with van der Waals surface area (Å²) in [7, 11) is -3.21. The normalized spacial score (nSPS) is 31.3. The van der Waals surface area contributed by atoms with Gasteiger partial charge in [0.25, 0.3) is 0 Å². The largest absolute Gasteiger partial charge is 0.396 e. The first-order chi connectivity index (χ1) is 8.36. The maximum absolute atomic E-state index is 11.8. The lowest BCUT2D eigenvalue weighted by atomic mass is 9.99. The van der Waals surface area contributed by atoms with E-state index in [1.807, 2.05) is 31.2 Å². The van der Waals surface area contributed by atoms with E-state index in [0.29, 0.717) is 0 Å². The lowest BCUT2D eigenvalue weighted by molar-refractivity contribution is 0.212. The monoisotopic (exact) mass is 269 g/mol. The minimum absolute atomic E-state index is 0.180. The topological polar surface area (TPSA) is 80.4 Å². The van der Waals surface area contributed by atoms with Gasteiger partial charge >= 0.3 is 0 Å². The molecule has 0 aliphatic heterocycles. The van der Waals surface area contributed by atoms with E-state index in [0.717, 1.165) is 11.1 Å². The SMILES string of the molecule is Cc1ccc(C2C(S(C)(=O)=O)C2(CN)CO)cc1. The Morgan fingerprint density at radius 2 is 1.89 bits per heavy atom. The first-order valence-electron chi connectivity index (χ1n) is 5.93. The Bertz CT molecular complexity index is 532. The number of hydrogen-bond acceptors (Lipinski definition) is 4. The standard InChI is InChI=1S/C13H19NO3S/c1-9-3-5-10(6-4-9)11-12(18(2,16)17)13(11,7-14)8-15/h3-6,11-12,15H,7-8,14H2,1-2H3. The molecule has 1 aromatic carbocycles. The zero-order valence-corrected chi connectivity index (χ0v) is 11.4. The first kappa shape index (κ1) is 13.5. The second-order valence-corrected chi connectivity index (χ2v) is 7.40. The Labute approximate surface area is 108 Å². The first-order valence-corrected chi connectivity index (χ1v) is 7.88. The number of sulfone groups is 1. The van der Waals surface area contributed by atoms with E-state index in [-0.39, 0.29) is 19.1 Å². The van der Waals surface area contributed by atoms with Gasteiger partial charge in [-0.05, 0) is 12.5 Å². The third kappa shape index (κ3) is 1.96. The van der Waals surface area contributed by atoms with Crippen molar-refractivity contribution in [2.75, 3.05) is 19.4 Å². The van der Waals surface area contributed by atoms with E-state index in [4.69, 9.17) is 5.73 Å². The van der Waals surface area contributed by atoms with Gasteiger partial charge in [0.05, 0.1) is 11.9 Å². The van der Waals surface area contributed by atoms with Crippen LogP contribution >= 0.6 is 0 Å². The number of benzene rings is 1. The van der Waals surface area contributed by atoms with Crippen LogP contribution in [0.5, 0.6) is 0 Å². The van der Waals surface area contributed by atoms with Gasteiger partial charge in [0.15, 0.2) is 9.84 Å². The number of aliphatic hydroxyl groups is 1. The summed E-state index contributed by atoms with van der Waals surface area (Å²) in [6, 6.07) is 7.74. The molecule has 0 heterocycles. The Kier molecular flexibility index (Phi) is 3.25. The van der Waals surface area contributed by atoms with Crippen molar-refractivity contribution in [3.05, 3.63) is 35.4 Å². The Balaban J connectivity index is 2.41. The van der Waals surface area contributed by atoms with Gasteiger partial charge in [-0.2, -0.15) is 0 Å². The van der Waals surface area contributed by atoms with Gasteiger partial charge in [0.1, 0.15) is 0 Å². The number of hydrogen-bond donors (Lipinski definition) is 2. The molecule has 0 radical (unpaired) electrons. The zero-order valence-electron chi connectivity index (χ0n) is 10.6. The molecule has 4 nitrogen and oxygen atoms in total. The van der Waals surface area contributed by atoms with Gasteiger partial charge in [-0.25, -0.2) is 8.42 Å². The average Bonchev–Trinajstić information content (AvgIpc) is 3.00. The minimum atomic E-state index is -3.21. The maximum atomic E-state index is 11.8. The molecule has 1 aliphatic carbocycles. The molecule has 1 saturated carbocycles. The molecule has 3 atom stereocenters. The number of aliphatic hydroxyl groups excluding tert-OH is 1. The predicted molar refractivity (Wildman–Crippen MR) is 71.1 cm³/mol. The van der Waals surface area contributed by atoms with E-state index in [1.165, 1.54) is 6.26 Å². The average molecular weight is 269 g/mol. The van der Waals surface area contributed by atoms with Crippen molar-refractivity contribution in [2.45, 2.75) is 18.1 Å². The molecule has 0 amide bonds. The van der Waals surface area contributed by atoms with Gasteiger partial charge in [0, 0.05) is 24.1 Å². The third-order valence-corrected chi connectivity index (χ3v) is 5.62. The molecule has 5 heteroatoms. The number of nitrogens with two attached hydrogens (primary N) is 1. The molecule has 1 fully saturated rings. The molecule has 3 unspecified atom stereocenters. The van der Waals surface area contributed by atoms with Crippen LogP contribution in [-0.2, 0) is 9.84 Å². The molecular weight excluding hydrogens is 250 g/mol. The Hall–Kier alpha value is -0.910. The summed E-state index contributed by atoms with van der Waals surface area (Å²) in [6.45, 7) is 1.96. The van der Waals surface area contributed by atoms with Crippen molar-refractivity contribution in [3.63, 3.8) is 0 Å². The van der Waals surface area contributed by atoms with Gasteiger partial charge in [-0.3, -0.25) is 0 Å². The van der Waals surface area contributed by atoms with Crippen LogP contribution in [0.3, 0.4) is 0 Å². The van der Waals surface area contributed by atoms with Crippen LogP contribution in [0.25, 0.3) is 0 Å². The van der Waals surface area contributed by atoms with Gasteiger partial charge in [-0.15, -0.1) is 0 Å². The van der Waals surface area contributed by atoms with Crippen molar-refractivity contribution in [2.24, 2.45) is 11.1 Å². The molecule has 1 aliphatic rings. The minimum Gasteiger partial charge on any atom is -0.396 e. The third-order valence-electron chi connectivity index (χ3n) is 3.95. The van der Waals surface area contributed by atoms with Gasteiger partial charge < -0.3 is 10.8 Å². The summed E-state index contributed by atoms with van der Waals surface area (Å²) in [6.07, 6.45) is 1.21. The smallest absolute Gasteiger partial charge is 0.151 e. The quantitative estimate of drug-likeness (QED) is 0.831. The van der Waals surface area contributed by atoms with Crippen molar-refractivity contribution < 1.29 is 13.5 Å². The van der Waals surface area contributed by atoms with Crippen LogP contribution in [0.1, 0.15) is 17.0 Å². The van der Waals surface area contributed by atoms with Gasteiger partial charge in [0.2, 0.25) is 0 Å². The highest BCUT2D eigenvalue weighted by atomic mass is 32.2. The second-order valence-electron chi connectivity index (χ2n) is 5.23. The van der Waals surface area contributed by atoms with E-state index < -0.39 is 20.5 Å². The van der Waals surface area contributed by atoms with E-state index in [2.05, 4.69) is 0 Å². The summed E-state index contributed by atoms with van der Waals surface area (Å²) < 4.78 is 23.6. The van der Waals surface area contributed by atoms with E-state index in [1.54, 1.807) is 0 Å². The van der Waals surface area contributed by atoms with Crippen LogP contribution in [0, 0.1) is 12.3 Å². The van der Waals surface area contributed by atoms with Crippen LogP contribution in [0.15, 0.2) is 24.3 Å². The van der Waals surface area contributed by atoms with Crippen LogP contribution in [-0.4, -0.2) is 38.2 Å². The van der Waals surface area contributed by atoms with Crippen LogP contribution < -0.4 is 5.73 Å². The maximum Gasteiger partial charge on any atom is 0.151 e. The predicted octanol–water partition coefficient (Wildman–Crippen LogP) is 0.443. The fourth-order valence-electron chi connectivity index (χ4n) is 2.90. The second kappa shape index (κ2) is 4.33. The lowest BCUT2D eigenvalue weighted by Crippen LogP contribution is -2.27. The van der Waals surface area contributed by atoms with Crippen molar-refractivity contribution in [1.29, 1.82) is 0 Å². The Morgan fingerprint density at radius 1 is 1.33 bits per heavy atom. The van der Waals surface area contributed by atoms with Crippen molar-refractivity contribution >= 4 is 9.84 Å². The molecule has 100 valence electrons. The van der Waals surface area contributed by atoms with E-state index in [9.17, 15) is 13.5 Å². The summed E-state index contributed by atoms with van der Waals surface area (Å²) in [5.41, 5.74) is 7.06. The van der Waals surface area contributed by atoms with Crippen molar-refractivity contribution in [1.82, 2.24) is 0 Å². The molecule has 2 rings (SSSR count). The van der Waals surface area contributed by atoms with Crippen LogP contribution in [0.2, 0.25) is 0 Å². The molecule has 3 N–H and O–H groups in total. The highest BCUT2D eigenvalue weighted by Crippen LogP contribution is 2.61. The fraction of sp³-hybridized carbons (Fsp3) is 0.538. The molecule has 0 aromatic heterocycles. The number of aryl methyl sites for hydroxylation is 1. The van der Waals surface area contributed by atoms with E-state index >= 15 is 0 Å². The van der Waals surface area contributed by atoms with Crippen LogP contribution in [0.4, 0.5) is 0 Å². The summed E-state index contributed by atoms with van der Waals surface area (Å²) >= 11 is 0. The highest BCUT2D eigenvalue weighted by Gasteiger charge is 2.68. The molecular formula is C13H19NO3S. The highest BCUT2D eigenvalue weighted by molar-refractivity contribution is 7.91.